The van der Waals surface area contributed by atoms with Crippen LogP contribution in [0.4, 0.5) is 13.2 Å². The Kier molecular flexibility index (Phi) is 5.16. The molecule has 0 atom stereocenters. The first-order valence-electron chi connectivity index (χ1n) is 6.96. The Morgan fingerprint density at radius 3 is 2.50 bits per heavy atom. The number of alkyl halides is 3. The molecule has 0 saturated carbocycles. The molecule has 1 N–H and O–H groups in total. The molecule has 0 aliphatic carbocycles. The van der Waals surface area contributed by atoms with Gasteiger partial charge in [-0.05, 0) is 55.8 Å². The number of piperidine rings is 1. The standard InChI is InChI=1S/C13H18BrF3N4O/c1-8-11(14)12(13(15,16)17)19-21(8)7-10(22)18-9-3-5-20(2)6-4-9/h9H,3-7H2,1-2H3,(H,18,22). The van der Waals surface area contributed by atoms with Crippen LogP contribution in [0.3, 0.4) is 0 Å². The molecule has 1 aliphatic heterocycles. The predicted octanol–water partition coefficient (Wildman–Crippen LogP) is 2.18. The summed E-state index contributed by atoms with van der Waals surface area (Å²) >= 11 is 2.89. The molecular weight excluding hydrogens is 365 g/mol. The van der Waals surface area contributed by atoms with Gasteiger partial charge >= 0.3 is 6.18 Å². The summed E-state index contributed by atoms with van der Waals surface area (Å²) in [5.74, 6) is -0.318. The Labute approximate surface area is 135 Å². The molecule has 1 amide bonds. The van der Waals surface area contributed by atoms with Crippen LogP contribution in [0.2, 0.25) is 0 Å². The van der Waals surface area contributed by atoms with Gasteiger partial charge in [0.05, 0.1) is 10.2 Å². The maximum absolute atomic E-state index is 12.8. The van der Waals surface area contributed by atoms with Gasteiger partial charge in [0.25, 0.3) is 0 Å². The summed E-state index contributed by atoms with van der Waals surface area (Å²) in [6, 6.07) is 0.0742. The summed E-state index contributed by atoms with van der Waals surface area (Å²) in [6.07, 6.45) is -2.85. The van der Waals surface area contributed by atoms with Crippen molar-refractivity contribution in [3.05, 3.63) is 15.9 Å². The van der Waals surface area contributed by atoms with E-state index in [2.05, 4.69) is 31.2 Å². The molecule has 22 heavy (non-hydrogen) atoms. The molecule has 1 saturated heterocycles. The number of rotatable bonds is 3. The average Bonchev–Trinajstić information content (AvgIpc) is 2.69. The highest BCUT2D eigenvalue weighted by Gasteiger charge is 2.38. The molecule has 2 rings (SSSR count). The number of amides is 1. The second-order valence-electron chi connectivity index (χ2n) is 5.55. The van der Waals surface area contributed by atoms with E-state index in [1.54, 1.807) is 0 Å². The minimum atomic E-state index is -4.54. The smallest absolute Gasteiger partial charge is 0.352 e. The molecule has 0 spiro atoms. The molecule has 0 radical (unpaired) electrons. The normalized spacial score (nSPS) is 17.7. The van der Waals surface area contributed by atoms with Crippen molar-refractivity contribution in [2.75, 3.05) is 20.1 Å². The Morgan fingerprint density at radius 2 is 2.00 bits per heavy atom. The van der Waals surface area contributed by atoms with Crippen molar-refractivity contribution in [2.45, 2.75) is 38.5 Å². The van der Waals surface area contributed by atoms with E-state index in [9.17, 15) is 18.0 Å². The second kappa shape index (κ2) is 6.57. The van der Waals surface area contributed by atoms with Crippen molar-refractivity contribution in [1.29, 1.82) is 0 Å². The van der Waals surface area contributed by atoms with Crippen LogP contribution < -0.4 is 5.32 Å². The Hall–Kier alpha value is -1.09. The van der Waals surface area contributed by atoms with E-state index in [4.69, 9.17) is 0 Å². The third-order valence-electron chi connectivity index (χ3n) is 3.78. The zero-order valence-corrected chi connectivity index (χ0v) is 14.0. The average molecular weight is 383 g/mol. The molecule has 0 bridgehead atoms. The quantitative estimate of drug-likeness (QED) is 0.871. The van der Waals surface area contributed by atoms with Crippen LogP contribution in [-0.2, 0) is 17.5 Å². The molecule has 5 nitrogen and oxygen atoms in total. The zero-order valence-electron chi connectivity index (χ0n) is 12.4. The monoisotopic (exact) mass is 382 g/mol. The first-order valence-corrected chi connectivity index (χ1v) is 7.75. The fourth-order valence-electron chi connectivity index (χ4n) is 2.42. The number of halogens is 4. The lowest BCUT2D eigenvalue weighted by Crippen LogP contribution is -2.44. The molecule has 9 heteroatoms. The first kappa shape index (κ1) is 17.3. The highest BCUT2D eigenvalue weighted by molar-refractivity contribution is 9.10. The molecule has 1 aliphatic rings. The Morgan fingerprint density at radius 1 is 1.41 bits per heavy atom. The number of nitrogens with one attached hydrogen (secondary N) is 1. The van der Waals surface area contributed by atoms with Gasteiger partial charge in [-0.2, -0.15) is 18.3 Å². The van der Waals surface area contributed by atoms with Gasteiger partial charge in [-0.25, -0.2) is 0 Å². The van der Waals surface area contributed by atoms with Crippen molar-refractivity contribution < 1.29 is 18.0 Å². The van der Waals surface area contributed by atoms with Crippen molar-refractivity contribution in [3.63, 3.8) is 0 Å². The molecule has 1 fully saturated rings. The highest BCUT2D eigenvalue weighted by atomic mass is 79.9. The third kappa shape index (κ3) is 4.01. The Balaban J connectivity index is 2.00. The fourth-order valence-corrected chi connectivity index (χ4v) is 2.93. The number of carbonyl (C=O) groups is 1. The maximum Gasteiger partial charge on any atom is 0.436 e. The first-order chi connectivity index (χ1) is 10.2. The van der Waals surface area contributed by atoms with E-state index in [1.165, 1.54) is 6.92 Å². The fraction of sp³-hybridized carbons (Fsp3) is 0.692. The Bertz CT molecular complexity index is 550. The molecule has 0 unspecified atom stereocenters. The van der Waals surface area contributed by atoms with E-state index in [1.807, 2.05) is 7.05 Å². The second-order valence-corrected chi connectivity index (χ2v) is 6.34. The molecule has 1 aromatic rings. The van der Waals surface area contributed by atoms with Gasteiger partial charge in [-0.15, -0.1) is 0 Å². The van der Waals surface area contributed by atoms with E-state index in [0.717, 1.165) is 30.6 Å². The largest absolute Gasteiger partial charge is 0.436 e. The minimum absolute atomic E-state index is 0.0742. The number of likely N-dealkylation sites (tertiary alicyclic amines) is 1. The number of carbonyl (C=O) groups excluding carboxylic acids is 1. The minimum Gasteiger partial charge on any atom is -0.352 e. The van der Waals surface area contributed by atoms with Crippen LogP contribution in [-0.4, -0.2) is 46.8 Å². The topological polar surface area (TPSA) is 50.2 Å². The van der Waals surface area contributed by atoms with Crippen LogP contribution in [0, 0.1) is 6.92 Å². The van der Waals surface area contributed by atoms with E-state index in [-0.39, 0.29) is 28.7 Å². The number of hydrogen-bond acceptors (Lipinski definition) is 3. The highest BCUT2D eigenvalue weighted by Crippen LogP contribution is 2.35. The summed E-state index contributed by atoms with van der Waals surface area (Å²) in [5.41, 5.74) is -0.719. The van der Waals surface area contributed by atoms with Gasteiger partial charge < -0.3 is 10.2 Å². The molecule has 1 aromatic heterocycles. The lowest BCUT2D eigenvalue weighted by atomic mass is 10.1. The summed E-state index contributed by atoms with van der Waals surface area (Å²) in [6.45, 7) is 3.08. The predicted molar refractivity (Wildman–Crippen MR) is 78.3 cm³/mol. The molecule has 2 heterocycles. The molecule has 124 valence electrons. The molecular formula is C13H18BrF3N4O. The lowest BCUT2D eigenvalue weighted by Gasteiger charge is -2.29. The SMILES string of the molecule is Cc1c(Br)c(C(F)(F)F)nn1CC(=O)NC1CCN(C)CC1. The van der Waals surface area contributed by atoms with E-state index < -0.39 is 11.9 Å². The summed E-state index contributed by atoms with van der Waals surface area (Å²) < 4.78 is 39.3. The summed E-state index contributed by atoms with van der Waals surface area (Å²) in [7, 11) is 2.02. The van der Waals surface area contributed by atoms with Gasteiger partial charge in [0.2, 0.25) is 5.91 Å². The third-order valence-corrected chi connectivity index (χ3v) is 4.73. The summed E-state index contributed by atoms with van der Waals surface area (Å²) in [5, 5.41) is 6.36. The van der Waals surface area contributed by atoms with Crippen molar-refractivity contribution >= 4 is 21.8 Å². The van der Waals surface area contributed by atoms with Crippen molar-refractivity contribution in [3.8, 4) is 0 Å². The van der Waals surface area contributed by atoms with Gasteiger partial charge in [0, 0.05) is 6.04 Å². The van der Waals surface area contributed by atoms with Crippen LogP contribution >= 0.6 is 15.9 Å². The van der Waals surface area contributed by atoms with Crippen molar-refractivity contribution in [2.24, 2.45) is 0 Å². The van der Waals surface area contributed by atoms with Crippen molar-refractivity contribution in [1.82, 2.24) is 20.0 Å². The summed E-state index contributed by atoms with van der Waals surface area (Å²) in [4.78, 5) is 14.2. The lowest BCUT2D eigenvalue weighted by molar-refractivity contribution is -0.142. The van der Waals surface area contributed by atoms with Crippen LogP contribution in [0.15, 0.2) is 4.47 Å². The zero-order chi connectivity index (χ0) is 16.5. The van der Waals surface area contributed by atoms with Crippen LogP contribution in [0.5, 0.6) is 0 Å². The van der Waals surface area contributed by atoms with Gasteiger partial charge in [0.15, 0.2) is 5.69 Å². The van der Waals surface area contributed by atoms with Gasteiger partial charge in [-0.1, -0.05) is 0 Å². The molecule has 0 aromatic carbocycles. The number of hydrogen-bond donors (Lipinski definition) is 1. The van der Waals surface area contributed by atoms with E-state index >= 15 is 0 Å². The van der Waals surface area contributed by atoms with Crippen LogP contribution in [0.1, 0.15) is 24.2 Å². The van der Waals surface area contributed by atoms with Gasteiger partial charge in [-0.3, -0.25) is 9.48 Å². The number of nitrogens with zero attached hydrogens (tertiary/aromatic N) is 3. The maximum atomic E-state index is 12.8. The van der Waals surface area contributed by atoms with E-state index in [0.29, 0.717) is 0 Å². The van der Waals surface area contributed by atoms with Gasteiger partial charge in [0.1, 0.15) is 6.54 Å². The van der Waals surface area contributed by atoms with Crippen LogP contribution in [0.25, 0.3) is 0 Å². The number of aromatic nitrogens is 2.